The summed E-state index contributed by atoms with van der Waals surface area (Å²) in [5, 5.41) is 67.9. The van der Waals surface area contributed by atoms with Crippen LogP contribution < -0.4 is 42.4 Å². The van der Waals surface area contributed by atoms with Crippen LogP contribution >= 0.6 is 12.2 Å². The molecule has 0 unspecified atom stereocenters. The molecule has 106 heavy (non-hydrogen) atoms. The lowest BCUT2D eigenvalue weighted by Gasteiger charge is -2.36. The Morgan fingerprint density at radius 3 is 1.81 bits per heavy atom. The summed E-state index contributed by atoms with van der Waals surface area (Å²) in [5.41, 5.74) is 6.12. The van der Waals surface area contributed by atoms with Gasteiger partial charge in [-0.15, -0.1) is 0 Å². The molecular weight excluding hydrogens is 1400 g/mol. The number of carbonyl (C=O) groups is 13. The molecule has 0 aromatic heterocycles. The number of nitrogens with two attached hydrogens (primary N) is 1. The predicted molar refractivity (Wildman–Crippen MR) is 383 cm³/mol. The fourth-order valence-corrected chi connectivity index (χ4v) is 14.7. The van der Waals surface area contributed by atoms with Crippen molar-refractivity contribution in [3.63, 3.8) is 0 Å². The van der Waals surface area contributed by atoms with Crippen LogP contribution in [0.2, 0.25) is 0 Å². The number of aliphatic carboxylic acids is 2. The van der Waals surface area contributed by atoms with Crippen molar-refractivity contribution in [2.75, 3.05) is 57.7 Å². The zero-order valence-corrected chi connectivity index (χ0v) is 60.2. The topological polar surface area (TPSA) is 456 Å². The van der Waals surface area contributed by atoms with E-state index in [1.165, 1.54) is 57.7 Å². The third-order valence-corrected chi connectivity index (χ3v) is 20.1. The van der Waals surface area contributed by atoms with Crippen molar-refractivity contribution in [1.82, 2.24) is 51.1 Å². The Kier molecular flexibility index (Phi) is 27.4. The lowest BCUT2D eigenvalue weighted by Crippen LogP contribution is -2.61. The van der Waals surface area contributed by atoms with E-state index in [-0.39, 0.29) is 111 Å². The molecule has 8 atom stereocenters. The monoisotopic (exact) mass is 1490 g/mol. The number of nitrogens with zero attached hydrogens (tertiary/aromatic N) is 5. The number of thiocarbonyl (C=S) groups is 1. The highest BCUT2D eigenvalue weighted by atomic mass is 32.1. The molecule has 0 radical (unpaired) electrons. The number of benzene rings is 3. The quantitative estimate of drug-likeness (QED) is 0.0450. The highest BCUT2D eigenvalue weighted by molar-refractivity contribution is 7.80. The maximum absolute atomic E-state index is 14.6. The second-order valence-corrected chi connectivity index (χ2v) is 28.0. The number of esters is 1. The molecule has 9 rings (SSSR count). The van der Waals surface area contributed by atoms with E-state index in [1.807, 2.05) is 12.2 Å². The van der Waals surface area contributed by atoms with Crippen molar-refractivity contribution in [1.29, 1.82) is 0 Å². The van der Waals surface area contributed by atoms with Gasteiger partial charge in [0.25, 0.3) is 0 Å². The summed E-state index contributed by atoms with van der Waals surface area (Å²) in [6.45, 7) is 2.11. The molecule has 6 aliphatic rings. The van der Waals surface area contributed by atoms with E-state index in [1.54, 1.807) is 30.3 Å². The number of hydrogen-bond donors (Lipinski definition) is 12. The van der Waals surface area contributed by atoms with Crippen LogP contribution in [0.3, 0.4) is 0 Å². The Hall–Kier alpha value is -10.4. The van der Waals surface area contributed by atoms with Gasteiger partial charge in [-0.3, -0.25) is 57.5 Å². The number of unbranched alkanes of at least 4 members (excludes halogenated alkanes) is 1. The zero-order chi connectivity index (χ0) is 76.5. The van der Waals surface area contributed by atoms with Gasteiger partial charge in [-0.25, -0.2) is 4.79 Å². The second kappa shape index (κ2) is 36.5. The molecule has 13 N–H and O–H groups in total. The summed E-state index contributed by atoms with van der Waals surface area (Å²) in [6, 6.07) is 4.37. The van der Waals surface area contributed by atoms with Crippen molar-refractivity contribution in [3.05, 3.63) is 89.0 Å². The number of amides is 10. The standard InChI is InChI=1S/C73H94N12O20S/c1-42-67(99)85-36-16-19-55(85)70(102)84-35-15-17-53(84)64(96)79-51(27-29-61(92)93)68(100)82(40-58(74)89)33-13-9-7-5-3-4-6-8-12-32-81(41-59(90)78-52(28-30-62(94)95)69(101)83-34-14-18-54(83)65(97)80-63(43(2)86)66(98)76-42)60(91)20-10-11-31-75-72(106)77-44-21-24-47-50(37-44)73(105-71(47)103)48-25-22-45(87)38-56(48)104-57-39-46(88)23-26-49(57)73/h4,6,21-26,37-39,42-43,51-55,63,86-88H,3,5,7-20,27-36,40-41H2,1-2H3,(H2,74,89)(H,76,98)(H,78,90)(H,79,96)(H,80,97)(H,92,93)(H,94,95)(H2,75,77,106)/t42-,43+,51-,52-,53-,54-,55-,63-/m0/s1. The van der Waals surface area contributed by atoms with Crippen LogP contribution in [0, 0.1) is 0 Å². The van der Waals surface area contributed by atoms with E-state index >= 15 is 0 Å². The van der Waals surface area contributed by atoms with E-state index in [4.69, 9.17) is 27.4 Å². The summed E-state index contributed by atoms with van der Waals surface area (Å²) in [7, 11) is 0. The van der Waals surface area contributed by atoms with Gasteiger partial charge >= 0.3 is 17.9 Å². The van der Waals surface area contributed by atoms with Gasteiger partial charge in [-0.2, -0.15) is 0 Å². The van der Waals surface area contributed by atoms with Gasteiger partial charge < -0.3 is 97.1 Å². The molecule has 572 valence electrons. The van der Waals surface area contributed by atoms with Crippen LogP contribution in [0.15, 0.2) is 66.7 Å². The molecule has 10 amide bonds. The zero-order valence-electron chi connectivity index (χ0n) is 59.4. The van der Waals surface area contributed by atoms with Crippen molar-refractivity contribution < 1.29 is 97.3 Å². The average Bonchev–Trinajstić information content (AvgIpc) is 1.47. The molecule has 0 aliphatic carbocycles. The molecule has 33 heteroatoms. The number of phenols is 2. The average molecular weight is 1490 g/mol. The minimum absolute atomic E-state index is 0.0160. The van der Waals surface area contributed by atoms with E-state index in [9.17, 15) is 87.9 Å². The molecule has 3 saturated heterocycles. The Morgan fingerprint density at radius 2 is 1.20 bits per heavy atom. The summed E-state index contributed by atoms with van der Waals surface area (Å²) < 4.78 is 12.3. The van der Waals surface area contributed by atoms with Crippen LogP contribution in [0.4, 0.5) is 5.69 Å². The summed E-state index contributed by atoms with van der Waals surface area (Å²) in [5.74, 6) is -10.4. The molecule has 6 heterocycles. The number of carbonyl (C=O) groups excluding carboxylic acids is 11. The summed E-state index contributed by atoms with van der Waals surface area (Å²) in [4.78, 5) is 184. The molecule has 32 nitrogen and oxygen atoms in total. The third-order valence-electron chi connectivity index (χ3n) is 19.8. The number of rotatable bonds is 15. The van der Waals surface area contributed by atoms with Gasteiger partial charge in [0, 0.05) is 93.0 Å². The lowest BCUT2D eigenvalue weighted by molar-refractivity contribution is -0.148. The van der Waals surface area contributed by atoms with E-state index in [0.717, 1.165) is 11.3 Å². The number of ether oxygens (including phenoxy) is 2. The van der Waals surface area contributed by atoms with Crippen LogP contribution in [0.25, 0.3) is 0 Å². The molecule has 3 aromatic rings. The Morgan fingerprint density at radius 1 is 0.623 bits per heavy atom. The van der Waals surface area contributed by atoms with Gasteiger partial charge in [-0.05, 0) is 165 Å². The molecule has 1 spiro atoms. The second-order valence-electron chi connectivity index (χ2n) is 27.6. The number of phenolic OH excluding ortho intramolecular Hbond substituents is 2. The number of aliphatic hydroxyl groups is 1. The number of primary amides is 1. The number of carboxylic acid groups (broad SMARTS) is 2. The Bertz CT molecular complexity index is 3840. The molecule has 3 aromatic carbocycles. The number of anilines is 1. The maximum atomic E-state index is 14.6. The number of allylic oxidation sites excluding steroid dienone is 2. The van der Waals surface area contributed by atoms with E-state index in [2.05, 4.69) is 31.9 Å². The fraction of sp³-hybridized carbons (Fsp3) is 0.534. The first kappa shape index (κ1) is 79.7. The number of carboxylic acids is 2. The van der Waals surface area contributed by atoms with E-state index in [0.29, 0.717) is 86.6 Å². The number of nitrogens with one attached hydrogen (secondary N) is 6. The molecule has 0 bridgehead atoms. The Labute approximate surface area is 617 Å². The maximum Gasteiger partial charge on any atom is 0.340 e. The van der Waals surface area contributed by atoms with E-state index < -0.39 is 163 Å². The fourth-order valence-electron chi connectivity index (χ4n) is 14.5. The number of aromatic hydroxyl groups is 2. The smallest absolute Gasteiger partial charge is 0.340 e. The van der Waals surface area contributed by atoms with Crippen LogP contribution in [-0.2, 0) is 67.9 Å². The van der Waals surface area contributed by atoms with Crippen molar-refractivity contribution in [2.24, 2.45) is 5.73 Å². The van der Waals surface area contributed by atoms with Crippen LogP contribution in [-0.4, -0.2) is 233 Å². The summed E-state index contributed by atoms with van der Waals surface area (Å²) >= 11 is 5.68. The first-order valence-corrected chi connectivity index (χ1v) is 36.6. The minimum Gasteiger partial charge on any atom is -0.508 e. The lowest BCUT2D eigenvalue weighted by atomic mass is 9.77. The summed E-state index contributed by atoms with van der Waals surface area (Å²) in [6.07, 6.45) is 6.55. The van der Waals surface area contributed by atoms with Crippen molar-refractivity contribution in [3.8, 4) is 23.0 Å². The van der Waals surface area contributed by atoms with Crippen LogP contribution in [0.5, 0.6) is 23.0 Å². The van der Waals surface area contributed by atoms with Gasteiger partial charge in [0.15, 0.2) is 10.7 Å². The highest BCUT2D eigenvalue weighted by Gasteiger charge is 2.54. The van der Waals surface area contributed by atoms with Crippen molar-refractivity contribution in [2.45, 2.75) is 196 Å². The van der Waals surface area contributed by atoms with Crippen LogP contribution in [0.1, 0.15) is 169 Å². The van der Waals surface area contributed by atoms with Gasteiger partial charge in [-0.1, -0.05) is 25.0 Å². The first-order chi connectivity index (χ1) is 50.6. The Balaban J connectivity index is 0.878. The van der Waals surface area contributed by atoms with Gasteiger partial charge in [0.1, 0.15) is 65.3 Å². The molecular formula is C73H94N12O20S. The van der Waals surface area contributed by atoms with Crippen molar-refractivity contribution >= 4 is 100.0 Å². The molecule has 3 fully saturated rings. The minimum atomic E-state index is -1.70. The molecule has 6 aliphatic heterocycles. The normalized spacial score (nSPS) is 23.5. The van der Waals surface area contributed by atoms with Gasteiger partial charge in [0.05, 0.1) is 24.8 Å². The first-order valence-electron chi connectivity index (χ1n) is 36.2. The number of fused-ring (bicyclic) bond motifs is 9. The third kappa shape index (κ3) is 19.7. The highest BCUT2D eigenvalue weighted by Crippen LogP contribution is 2.57. The largest absolute Gasteiger partial charge is 0.508 e. The number of hydrogen-bond acceptors (Lipinski definition) is 19. The SMILES string of the molecule is C[C@@H]1NC(=O)[C@H]([C@@H](C)O)NC(=O)[C@@H]2CCCN2C(=O)[C@H](CCC(=O)O)NC(=O)CN(C(=O)CCCCNC(=S)Nc2ccc3c(c2)C2(OC3=O)c3ccc(O)cc3Oc3cc(O)ccc32)CCCC=CCCCCCCN(CC(N)=O)C(=O)[C@H](CCC(=O)O)NC(=O)[C@@H]2CCCN2C(=O)[C@@H]2CCCN2C1=O. The number of aliphatic hydroxyl groups excluding tert-OH is 1. The molecule has 0 saturated carbocycles. The predicted octanol–water partition coefficient (Wildman–Crippen LogP) is 2.61. The van der Waals surface area contributed by atoms with Gasteiger partial charge in [0.2, 0.25) is 59.1 Å².